The summed E-state index contributed by atoms with van der Waals surface area (Å²) < 4.78 is 4.72. The van der Waals surface area contributed by atoms with Gasteiger partial charge < -0.3 is 15.0 Å². The van der Waals surface area contributed by atoms with Crippen LogP contribution in [-0.4, -0.2) is 50.2 Å². The van der Waals surface area contributed by atoms with Crippen molar-refractivity contribution in [3.05, 3.63) is 0 Å². The van der Waals surface area contributed by atoms with Crippen LogP contribution < -0.4 is 5.32 Å². The van der Waals surface area contributed by atoms with Gasteiger partial charge in [0.1, 0.15) is 6.04 Å². The largest absolute Gasteiger partial charge is 0.468 e. The van der Waals surface area contributed by atoms with E-state index in [-0.39, 0.29) is 12.0 Å². The number of methoxy groups -OCH3 is 1. The topological polar surface area (TPSA) is 41.6 Å². The van der Waals surface area contributed by atoms with Crippen LogP contribution >= 0.6 is 0 Å². The van der Waals surface area contributed by atoms with Crippen molar-refractivity contribution < 1.29 is 9.53 Å². The monoisotopic (exact) mass is 202 g/mol. The number of ether oxygens (including phenoxy) is 1. The third kappa shape index (κ3) is 4.58. The lowest BCUT2D eigenvalue weighted by atomic mass is 10.2. The smallest absolute Gasteiger partial charge is 0.324 e. The van der Waals surface area contributed by atoms with Gasteiger partial charge in [-0.2, -0.15) is 0 Å². The van der Waals surface area contributed by atoms with E-state index in [4.69, 9.17) is 4.74 Å². The molecule has 0 heterocycles. The van der Waals surface area contributed by atoms with E-state index in [2.05, 4.69) is 24.1 Å². The Morgan fingerprint density at radius 2 is 2.07 bits per heavy atom. The van der Waals surface area contributed by atoms with E-state index in [9.17, 15) is 4.79 Å². The predicted octanol–water partition coefficient (Wildman–Crippen LogP) is 0.478. The van der Waals surface area contributed by atoms with E-state index in [1.54, 1.807) is 0 Å². The van der Waals surface area contributed by atoms with Gasteiger partial charge in [-0.3, -0.25) is 4.79 Å². The Morgan fingerprint density at radius 3 is 2.43 bits per heavy atom. The molecule has 14 heavy (non-hydrogen) atoms. The van der Waals surface area contributed by atoms with Crippen LogP contribution in [0, 0.1) is 0 Å². The van der Waals surface area contributed by atoms with Crippen molar-refractivity contribution in [2.75, 3.05) is 27.2 Å². The molecule has 1 atom stereocenters. The molecule has 1 unspecified atom stereocenters. The fourth-order valence-corrected chi connectivity index (χ4v) is 1.11. The van der Waals surface area contributed by atoms with E-state index < -0.39 is 0 Å². The molecule has 1 N–H and O–H groups in total. The number of nitrogens with one attached hydrogen (secondary N) is 1. The number of hydrogen-bond acceptors (Lipinski definition) is 4. The lowest BCUT2D eigenvalue weighted by Crippen LogP contribution is -2.47. The first-order chi connectivity index (χ1) is 6.52. The summed E-state index contributed by atoms with van der Waals surface area (Å²) in [6, 6.07) is 0.207. The average molecular weight is 202 g/mol. The van der Waals surface area contributed by atoms with E-state index >= 15 is 0 Å². The van der Waals surface area contributed by atoms with Gasteiger partial charge >= 0.3 is 5.97 Å². The first kappa shape index (κ1) is 13.4. The van der Waals surface area contributed by atoms with Gasteiger partial charge in [0.15, 0.2) is 0 Å². The molecule has 0 aromatic carbocycles. The van der Waals surface area contributed by atoms with E-state index in [1.165, 1.54) is 7.11 Å². The van der Waals surface area contributed by atoms with Gasteiger partial charge in [-0.25, -0.2) is 0 Å². The number of nitrogens with zero attached hydrogens (tertiary/aromatic N) is 1. The van der Waals surface area contributed by atoms with Crippen molar-refractivity contribution in [2.24, 2.45) is 0 Å². The number of rotatable bonds is 6. The summed E-state index contributed by atoms with van der Waals surface area (Å²) in [6.07, 6.45) is 0. The van der Waals surface area contributed by atoms with E-state index in [1.807, 2.05) is 14.0 Å². The van der Waals surface area contributed by atoms with Gasteiger partial charge in [-0.05, 0) is 27.4 Å². The second kappa shape index (κ2) is 6.79. The molecule has 0 aliphatic carbocycles. The second-order valence-electron chi connectivity index (χ2n) is 3.67. The maximum Gasteiger partial charge on any atom is 0.324 e. The Kier molecular flexibility index (Phi) is 6.49. The van der Waals surface area contributed by atoms with Crippen LogP contribution in [0.25, 0.3) is 0 Å². The molecule has 84 valence electrons. The summed E-state index contributed by atoms with van der Waals surface area (Å²) in [4.78, 5) is 13.5. The maximum absolute atomic E-state index is 11.3. The molecule has 0 fully saturated rings. The molecular weight excluding hydrogens is 180 g/mol. The minimum Gasteiger partial charge on any atom is -0.468 e. The van der Waals surface area contributed by atoms with Crippen LogP contribution in [-0.2, 0) is 9.53 Å². The Bertz CT molecular complexity index is 172. The van der Waals surface area contributed by atoms with Gasteiger partial charge in [0, 0.05) is 12.6 Å². The Labute approximate surface area is 86.6 Å². The van der Waals surface area contributed by atoms with Crippen LogP contribution in [0.4, 0.5) is 0 Å². The van der Waals surface area contributed by atoms with Gasteiger partial charge in [-0.15, -0.1) is 0 Å². The molecular formula is C10H22N2O2. The van der Waals surface area contributed by atoms with Gasteiger partial charge in [0.25, 0.3) is 0 Å². The minimum atomic E-state index is -0.225. The molecule has 0 aliphatic heterocycles. The highest BCUT2D eigenvalue weighted by Crippen LogP contribution is 1.97. The fraction of sp³-hybridized carbons (Fsp3) is 0.900. The van der Waals surface area contributed by atoms with Crippen molar-refractivity contribution in [3.8, 4) is 0 Å². The van der Waals surface area contributed by atoms with Gasteiger partial charge in [-0.1, -0.05) is 6.92 Å². The first-order valence-corrected chi connectivity index (χ1v) is 5.04. The van der Waals surface area contributed by atoms with Crippen LogP contribution in [0.2, 0.25) is 0 Å². The van der Waals surface area contributed by atoms with Crippen LogP contribution in [0.1, 0.15) is 20.8 Å². The maximum atomic E-state index is 11.3. The van der Waals surface area contributed by atoms with Gasteiger partial charge in [0.2, 0.25) is 0 Å². The molecule has 0 aromatic heterocycles. The minimum absolute atomic E-state index is 0.195. The third-order valence-electron chi connectivity index (χ3n) is 2.29. The number of esters is 1. The van der Waals surface area contributed by atoms with Crippen molar-refractivity contribution in [1.29, 1.82) is 0 Å². The Balaban J connectivity index is 4.15. The molecule has 4 nitrogen and oxygen atoms in total. The highest BCUT2D eigenvalue weighted by Gasteiger charge is 2.20. The molecule has 0 saturated carbocycles. The Hall–Kier alpha value is -0.610. The van der Waals surface area contributed by atoms with Crippen molar-refractivity contribution in [2.45, 2.75) is 32.9 Å². The summed E-state index contributed by atoms with van der Waals surface area (Å²) in [5, 5.41) is 3.10. The second-order valence-corrected chi connectivity index (χ2v) is 3.67. The molecule has 0 rings (SSSR count). The predicted molar refractivity (Wildman–Crippen MR) is 57.2 cm³/mol. The van der Waals surface area contributed by atoms with Crippen LogP contribution in [0.5, 0.6) is 0 Å². The van der Waals surface area contributed by atoms with Gasteiger partial charge in [0.05, 0.1) is 7.11 Å². The first-order valence-electron chi connectivity index (χ1n) is 5.04. The van der Waals surface area contributed by atoms with E-state index in [0.29, 0.717) is 12.6 Å². The average Bonchev–Trinajstić information content (AvgIpc) is 2.15. The highest BCUT2D eigenvalue weighted by atomic mass is 16.5. The van der Waals surface area contributed by atoms with Crippen molar-refractivity contribution in [1.82, 2.24) is 10.2 Å². The fourth-order valence-electron chi connectivity index (χ4n) is 1.11. The molecule has 0 aromatic rings. The Morgan fingerprint density at radius 1 is 1.50 bits per heavy atom. The molecule has 0 radical (unpaired) electrons. The summed E-state index contributed by atoms with van der Waals surface area (Å²) in [5.41, 5.74) is 0. The third-order valence-corrected chi connectivity index (χ3v) is 2.29. The quantitative estimate of drug-likeness (QED) is 0.636. The lowest BCUT2D eigenvalue weighted by molar-refractivity contribution is -0.143. The summed E-state index contributed by atoms with van der Waals surface area (Å²) in [6.45, 7) is 7.62. The van der Waals surface area contributed by atoms with Crippen LogP contribution in [0.15, 0.2) is 0 Å². The zero-order valence-corrected chi connectivity index (χ0v) is 9.83. The van der Waals surface area contributed by atoms with E-state index in [0.717, 1.165) is 6.54 Å². The normalized spacial score (nSPS) is 13.4. The molecule has 0 spiro atoms. The lowest BCUT2D eigenvalue weighted by Gasteiger charge is -2.25. The van der Waals surface area contributed by atoms with Crippen molar-refractivity contribution in [3.63, 3.8) is 0 Å². The molecule has 0 aliphatic rings. The highest BCUT2D eigenvalue weighted by molar-refractivity contribution is 5.75. The zero-order chi connectivity index (χ0) is 11.1. The standard InChI is InChI=1S/C10H22N2O2/c1-6-11-9(10(13)14-5)7-12(4)8(2)3/h8-9,11H,6-7H2,1-5H3. The summed E-state index contributed by atoms with van der Waals surface area (Å²) in [7, 11) is 3.42. The molecule has 4 heteroatoms. The van der Waals surface area contributed by atoms with Crippen LogP contribution in [0.3, 0.4) is 0 Å². The number of likely N-dealkylation sites (N-methyl/N-ethyl adjacent to an activating group) is 2. The summed E-state index contributed by atoms with van der Waals surface area (Å²) >= 11 is 0. The number of hydrogen-bond donors (Lipinski definition) is 1. The SMILES string of the molecule is CCNC(CN(C)C(C)C)C(=O)OC. The number of carbonyl (C=O) groups is 1. The molecule has 0 saturated heterocycles. The zero-order valence-electron chi connectivity index (χ0n) is 9.83. The van der Waals surface area contributed by atoms with Crippen molar-refractivity contribution >= 4 is 5.97 Å². The molecule has 0 bridgehead atoms. The molecule has 0 amide bonds. The number of carbonyl (C=O) groups excluding carboxylic acids is 1. The summed E-state index contributed by atoms with van der Waals surface area (Å²) in [5.74, 6) is -0.195.